The zero-order valence-corrected chi connectivity index (χ0v) is 17.9. The molecule has 8 heteroatoms. The van der Waals surface area contributed by atoms with Gasteiger partial charge in [-0.3, -0.25) is 9.59 Å². The zero-order valence-electron chi connectivity index (χ0n) is 17.9. The van der Waals surface area contributed by atoms with E-state index in [0.717, 1.165) is 11.3 Å². The standard InChI is InChI=1S/C24H23N5O3/c1-3-28(16-22(30)27-18-10-7-11-19(14-18)32-2)24(31)20-15-26-29-21(12-13-25-23(20)29)17-8-5-4-6-9-17/h4-15H,3,16H2,1-2H3,(H,27,30). The fraction of sp³-hybridized carbons (Fsp3) is 0.167. The second-order valence-electron chi connectivity index (χ2n) is 7.09. The Balaban J connectivity index is 1.55. The van der Waals surface area contributed by atoms with E-state index in [1.165, 1.54) is 11.1 Å². The zero-order chi connectivity index (χ0) is 22.5. The van der Waals surface area contributed by atoms with E-state index >= 15 is 0 Å². The van der Waals surface area contributed by atoms with Crippen LogP contribution in [0.4, 0.5) is 5.69 Å². The Morgan fingerprint density at radius 3 is 2.66 bits per heavy atom. The number of rotatable bonds is 7. The number of anilines is 1. The Hall–Kier alpha value is -4.20. The Morgan fingerprint density at radius 1 is 1.09 bits per heavy atom. The third-order valence-electron chi connectivity index (χ3n) is 5.06. The molecule has 162 valence electrons. The molecule has 0 fully saturated rings. The van der Waals surface area contributed by atoms with Crippen LogP contribution < -0.4 is 10.1 Å². The number of hydrogen-bond acceptors (Lipinski definition) is 5. The molecule has 0 aliphatic carbocycles. The van der Waals surface area contributed by atoms with Crippen molar-refractivity contribution in [3.8, 4) is 17.0 Å². The molecule has 0 unspecified atom stereocenters. The van der Waals surface area contributed by atoms with E-state index in [2.05, 4.69) is 15.4 Å². The summed E-state index contributed by atoms with van der Waals surface area (Å²) in [6.07, 6.45) is 3.15. The van der Waals surface area contributed by atoms with Gasteiger partial charge < -0.3 is 15.0 Å². The number of hydrogen-bond donors (Lipinski definition) is 1. The Labute approximate surface area is 185 Å². The van der Waals surface area contributed by atoms with Crippen molar-refractivity contribution < 1.29 is 14.3 Å². The third-order valence-corrected chi connectivity index (χ3v) is 5.06. The van der Waals surface area contributed by atoms with Gasteiger partial charge >= 0.3 is 0 Å². The lowest BCUT2D eigenvalue weighted by Crippen LogP contribution is -2.37. The van der Waals surface area contributed by atoms with Gasteiger partial charge in [-0.25, -0.2) is 9.50 Å². The molecule has 1 N–H and O–H groups in total. The molecule has 4 aromatic rings. The molecule has 4 rings (SSSR count). The van der Waals surface area contributed by atoms with Crippen LogP contribution in [0.2, 0.25) is 0 Å². The first-order valence-electron chi connectivity index (χ1n) is 10.2. The van der Waals surface area contributed by atoms with Gasteiger partial charge in [0.2, 0.25) is 5.91 Å². The van der Waals surface area contributed by atoms with Crippen molar-refractivity contribution in [3.05, 3.63) is 78.6 Å². The van der Waals surface area contributed by atoms with Gasteiger partial charge in [-0.15, -0.1) is 0 Å². The van der Waals surface area contributed by atoms with Crippen molar-refractivity contribution in [1.82, 2.24) is 19.5 Å². The maximum absolute atomic E-state index is 13.2. The van der Waals surface area contributed by atoms with Gasteiger partial charge in [0.25, 0.3) is 5.91 Å². The highest BCUT2D eigenvalue weighted by Crippen LogP contribution is 2.21. The highest BCUT2D eigenvalue weighted by atomic mass is 16.5. The van der Waals surface area contributed by atoms with E-state index in [1.807, 2.05) is 43.3 Å². The second-order valence-corrected chi connectivity index (χ2v) is 7.09. The minimum atomic E-state index is -0.305. The Morgan fingerprint density at radius 2 is 1.91 bits per heavy atom. The summed E-state index contributed by atoms with van der Waals surface area (Å²) in [5.41, 5.74) is 3.19. The monoisotopic (exact) mass is 429 g/mol. The fourth-order valence-corrected chi connectivity index (χ4v) is 3.44. The molecule has 0 atom stereocenters. The number of fused-ring (bicyclic) bond motifs is 1. The van der Waals surface area contributed by atoms with Crippen molar-refractivity contribution in [3.63, 3.8) is 0 Å². The molecule has 0 saturated carbocycles. The third kappa shape index (κ3) is 4.29. The van der Waals surface area contributed by atoms with E-state index < -0.39 is 0 Å². The molecule has 2 aromatic heterocycles. The van der Waals surface area contributed by atoms with Crippen molar-refractivity contribution >= 4 is 23.1 Å². The van der Waals surface area contributed by atoms with E-state index in [4.69, 9.17) is 4.74 Å². The first kappa shape index (κ1) is 21.0. The maximum Gasteiger partial charge on any atom is 0.259 e. The summed E-state index contributed by atoms with van der Waals surface area (Å²) in [6.45, 7) is 2.09. The van der Waals surface area contributed by atoms with Crippen LogP contribution in [0.1, 0.15) is 17.3 Å². The molecule has 2 amide bonds. The summed E-state index contributed by atoms with van der Waals surface area (Å²) in [5.74, 6) is 0.0294. The first-order chi connectivity index (χ1) is 15.6. The minimum absolute atomic E-state index is 0.0950. The summed E-state index contributed by atoms with van der Waals surface area (Å²) < 4.78 is 6.82. The lowest BCUT2D eigenvalue weighted by atomic mass is 10.1. The fourth-order valence-electron chi connectivity index (χ4n) is 3.44. The predicted octanol–water partition coefficient (Wildman–Crippen LogP) is 3.51. The van der Waals surface area contributed by atoms with Crippen LogP contribution in [-0.2, 0) is 4.79 Å². The normalized spacial score (nSPS) is 10.7. The van der Waals surface area contributed by atoms with Gasteiger partial charge in [0.15, 0.2) is 5.65 Å². The Kier molecular flexibility index (Phi) is 6.12. The molecule has 0 aliphatic heterocycles. The van der Waals surface area contributed by atoms with Gasteiger partial charge in [-0.05, 0) is 25.1 Å². The molecule has 0 saturated heterocycles. The smallest absolute Gasteiger partial charge is 0.259 e. The molecule has 0 spiro atoms. The molecular formula is C24H23N5O3. The van der Waals surface area contributed by atoms with E-state index in [0.29, 0.717) is 29.2 Å². The number of likely N-dealkylation sites (N-methyl/N-ethyl adjacent to an activating group) is 1. The largest absolute Gasteiger partial charge is 0.497 e. The van der Waals surface area contributed by atoms with E-state index in [9.17, 15) is 9.59 Å². The van der Waals surface area contributed by atoms with Crippen LogP contribution in [0.25, 0.3) is 16.9 Å². The number of nitrogens with one attached hydrogen (secondary N) is 1. The number of amides is 2. The maximum atomic E-state index is 13.2. The summed E-state index contributed by atoms with van der Waals surface area (Å²) in [6, 6.07) is 18.7. The quantitative estimate of drug-likeness (QED) is 0.486. The summed E-state index contributed by atoms with van der Waals surface area (Å²) in [4.78, 5) is 31.6. The number of methoxy groups -OCH3 is 1. The molecule has 2 heterocycles. The number of carbonyl (C=O) groups is 2. The van der Waals surface area contributed by atoms with Crippen LogP contribution in [0.5, 0.6) is 5.75 Å². The molecule has 32 heavy (non-hydrogen) atoms. The van der Waals surface area contributed by atoms with Gasteiger partial charge in [0.05, 0.1) is 19.0 Å². The van der Waals surface area contributed by atoms with Crippen LogP contribution in [0, 0.1) is 0 Å². The highest BCUT2D eigenvalue weighted by molar-refractivity contribution is 6.02. The molecule has 0 aliphatic rings. The lowest BCUT2D eigenvalue weighted by molar-refractivity contribution is -0.116. The van der Waals surface area contributed by atoms with Gasteiger partial charge in [-0.2, -0.15) is 5.10 Å². The Bertz CT molecular complexity index is 1250. The first-order valence-corrected chi connectivity index (χ1v) is 10.2. The molecular weight excluding hydrogens is 406 g/mol. The summed E-state index contributed by atoms with van der Waals surface area (Å²) in [7, 11) is 1.56. The van der Waals surface area contributed by atoms with Crippen LogP contribution in [0.3, 0.4) is 0 Å². The molecule has 8 nitrogen and oxygen atoms in total. The average Bonchev–Trinajstić information content (AvgIpc) is 3.27. The number of nitrogens with zero attached hydrogens (tertiary/aromatic N) is 4. The topological polar surface area (TPSA) is 88.8 Å². The van der Waals surface area contributed by atoms with Crippen molar-refractivity contribution in [2.24, 2.45) is 0 Å². The van der Waals surface area contributed by atoms with Crippen LogP contribution in [-0.4, -0.2) is 51.5 Å². The van der Waals surface area contributed by atoms with Gasteiger partial charge in [0.1, 0.15) is 17.9 Å². The number of ether oxygens (including phenoxy) is 1. The highest BCUT2D eigenvalue weighted by Gasteiger charge is 2.22. The SMILES string of the molecule is CCN(CC(=O)Nc1cccc(OC)c1)C(=O)c1cnn2c(-c3ccccc3)ccnc12. The second kappa shape index (κ2) is 9.30. The summed E-state index contributed by atoms with van der Waals surface area (Å²) in [5, 5.41) is 7.19. The molecule has 2 aromatic carbocycles. The van der Waals surface area contributed by atoms with E-state index in [-0.39, 0.29) is 18.4 Å². The van der Waals surface area contributed by atoms with Gasteiger partial charge in [-0.1, -0.05) is 36.4 Å². The van der Waals surface area contributed by atoms with Gasteiger partial charge in [0, 0.05) is 30.1 Å². The number of benzene rings is 2. The van der Waals surface area contributed by atoms with Crippen molar-refractivity contribution in [1.29, 1.82) is 0 Å². The predicted molar refractivity (Wildman–Crippen MR) is 122 cm³/mol. The van der Waals surface area contributed by atoms with E-state index in [1.54, 1.807) is 42.1 Å². The van der Waals surface area contributed by atoms with Crippen molar-refractivity contribution in [2.75, 3.05) is 25.5 Å². The summed E-state index contributed by atoms with van der Waals surface area (Å²) >= 11 is 0. The van der Waals surface area contributed by atoms with Crippen LogP contribution in [0.15, 0.2) is 73.1 Å². The lowest BCUT2D eigenvalue weighted by Gasteiger charge is -2.20. The number of aromatic nitrogens is 3. The number of carbonyl (C=O) groups excluding carboxylic acids is 2. The minimum Gasteiger partial charge on any atom is -0.497 e. The average molecular weight is 429 g/mol. The van der Waals surface area contributed by atoms with Crippen LogP contribution >= 0.6 is 0 Å². The molecule has 0 bridgehead atoms. The molecule has 0 radical (unpaired) electrons. The van der Waals surface area contributed by atoms with Crippen molar-refractivity contribution in [2.45, 2.75) is 6.92 Å².